The number of rotatable bonds is 7. The van der Waals surface area contributed by atoms with Gasteiger partial charge in [-0.25, -0.2) is 4.98 Å². The third kappa shape index (κ3) is 4.40. The number of benzene rings is 1. The Morgan fingerprint density at radius 2 is 1.80 bits per heavy atom. The number of hydrogen-bond acceptors (Lipinski definition) is 5. The van der Waals surface area contributed by atoms with Gasteiger partial charge < -0.3 is 15.1 Å². The minimum atomic E-state index is 0.860. The fourth-order valence-corrected chi connectivity index (χ4v) is 3.50. The average molecular weight is 342 g/mol. The number of para-hydroxylation sites is 1. The molecule has 0 unspecified atom stereocenters. The van der Waals surface area contributed by atoms with Crippen LogP contribution < -0.4 is 15.1 Å². The lowest BCUT2D eigenvalue weighted by atomic mass is 10.2. The van der Waals surface area contributed by atoms with Gasteiger partial charge in [-0.05, 0) is 38.4 Å². The van der Waals surface area contributed by atoms with Crippen molar-refractivity contribution in [1.29, 1.82) is 0 Å². The smallest absolute Gasteiger partial charge is 0.227 e. The average Bonchev–Trinajstić information content (AvgIpc) is 2.94. The minimum absolute atomic E-state index is 0.860. The van der Waals surface area contributed by atoms with Crippen molar-refractivity contribution in [2.75, 3.05) is 49.1 Å². The third-order valence-corrected chi connectivity index (χ3v) is 4.95. The summed E-state index contributed by atoms with van der Waals surface area (Å²) in [6.07, 6.45) is 5.17. The van der Waals surface area contributed by atoms with E-state index in [-0.39, 0.29) is 0 Å². The third-order valence-electron chi connectivity index (χ3n) is 4.95. The first-order valence-electron chi connectivity index (χ1n) is 9.81. The van der Waals surface area contributed by atoms with Crippen LogP contribution in [0.1, 0.15) is 39.5 Å². The van der Waals surface area contributed by atoms with E-state index in [0.29, 0.717) is 0 Å². The molecule has 1 fully saturated rings. The molecule has 25 heavy (non-hydrogen) atoms. The lowest BCUT2D eigenvalue weighted by Crippen LogP contribution is -2.34. The highest BCUT2D eigenvalue weighted by Gasteiger charge is 2.18. The molecule has 0 bridgehead atoms. The number of fused-ring (bicyclic) bond motifs is 1. The van der Waals surface area contributed by atoms with E-state index in [4.69, 9.17) is 9.97 Å². The van der Waals surface area contributed by atoms with Crippen molar-refractivity contribution in [3.63, 3.8) is 0 Å². The fourth-order valence-electron chi connectivity index (χ4n) is 3.50. The molecule has 1 N–H and O–H groups in total. The molecule has 0 saturated carbocycles. The Morgan fingerprint density at radius 1 is 1.04 bits per heavy atom. The highest BCUT2D eigenvalue weighted by atomic mass is 15.3. The van der Waals surface area contributed by atoms with Crippen LogP contribution in [0.15, 0.2) is 24.3 Å². The normalized spacial score (nSPS) is 15.4. The largest absolute Gasteiger partial charge is 0.356 e. The van der Waals surface area contributed by atoms with Crippen LogP contribution in [-0.4, -0.2) is 49.2 Å². The highest BCUT2D eigenvalue weighted by Crippen LogP contribution is 2.28. The van der Waals surface area contributed by atoms with E-state index in [1.54, 1.807) is 0 Å². The summed E-state index contributed by atoms with van der Waals surface area (Å²) in [5.74, 6) is 1.97. The Morgan fingerprint density at radius 3 is 2.52 bits per heavy atom. The van der Waals surface area contributed by atoms with E-state index in [1.165, 1.54) is 31.1 Å². The van der Waals surface area contributed by atoms with Gasteiger partial charge in [-0.15, -0.1) is 0 Å². The van der Waals surface area contributed by atoms with Crippen LogP contribution in [0.25, 0.3) is 10.9 Å². The standard InChI is InChI=1S/C20H31N5/c1-3-21-13-16-24(4-2)20-22-18-12-8-7-11-17(18)19(23-20)25-14-9-5-6-10-15-25/h7-8,11-12,21H,3-6,9-10,13-16H2,1-2H3. The zero-order valence-corrected chi connectivity index (χ0v) is 15.7. The van der Waals surface area contributed by atoms with Crippen molar-refractivity contribution in [2.45, 2.75) is 39.5 Å². The Labute approximate surface area is 151 Å². The van der Waals surface area contributed by atoms with Gasteiger partial charge in [-0.1, -0.05) is 31.9 Å². The maximum Gasteiger partial charge on any atom is 0.227 e. The van der Waals surface area contributed by atoms with Gasteiger partial charge >= 0.3 is 0 Å². The van der Waals surface area contributed by atoms with Crippen molar-refractivity contribution in [2.24, 2.45) is 0 Å². The number of likely N-dealkylation sites (N-methyl/N-ethyl adjacent to an activating group) is 2. The monoisotopic (exact) mass is 341 g/mol. The molecule has 0 spiro atoms. The molecular weight excluding hydrogens is 310 g/mol. The molecule has 0 aliphatic carbocycles. The summed E-state index contributed by atoms with van der Waals surface area (Å²) in [5, 5.41) is 4.58. The molecule has 0 atom stereocenters. The van der Waals surface area contributed by atoms with Gasteiger partial charge in [0.05, 0.1) is 5.52 Å². The van der Waals surface area contributed by atoms with E-state index in [2.05, 4.69) is 53.2 Å². The zero-order chi connectivity index (χ0) is 17.5. The summed E-state index contributed by atoms with van der Waals surface area (Å²) in [6, 6.07) is 8.43. The van der Waals surface area contributed by atoms with Crippen LogP contribution >= 0.6 is 0 Å². The number of anilines is 2. The van der Waals surface area contributed by atoms with E-state index >= 15 is 0 Å². The Bertz CT molecular complexity index is 664. The second-order valence-electron chi connectivity index (χ2n) is 6.70. The molecule has 5 heteroatoms. The maximum absolute atomic E-state index is 5.03. The molecule has 5 nitrogen and oxygen atoms in total. The second kappa shape index (κ2) is 8.99. The molecule has 3 rings (SSSR count). The summed E-state index contributed by atoms with van der Waals surface area (Å²) in [7, 11) is 0. The van der Waals surface area contributed by atoms with Gasteiger partial charge in [-0.3, -0.25) is 0 Å². The fraction of sp³-hybridized carbons (Fsp3) is 0.600. The summed E-state index contributed by atoms with van der Waals surface area (Å²) >= 11 is 0. The van der Waals surface area contributed by atoms with Crippen molar-refractivity contribution < 1.29 is 0 Å². The number of aromatic nitrogens is 2. The van der Waals surface area contributed by atoms with Crippen molar-refractivity contribution >= 4 is 22.7 Å². The van der Waals surface area contributed by atoms with Crippen molar-refractivity contribution in [3.05, 3.63) is 24.3 Å². The predicted molar refractivity (Wildman–Crippen MR) is 107 cm³/mol. The highest BCUT2D eigenvalue weighted by molar-refractivity contribution is 5.90. The molecule has 136 valence electrons. The first kappa shape index (κ1) is 17.9. The van der Waals surface area contributed by atoms with Gasteiger partial charge in [0.1, 0.15) is 5.82 Å². The number of hydrogen-bond donors (Lipinski definition) is 1. The van der Waals surface area contributed by atoms with Gasteiger partial charge in [0.15, 0.2) is 0 Å². The summed E-state index contributed by atoms with van der Waals surface area (Å²) < 4.78 is 0. The Kier molecular flexibility index (Phi) is 6.45. The van der Waals surface area contributed by atoms with Crippen molar-refractivity contribution in [3.8, 4) is 0 Å². The topological polar surface area (TPSA) is 44.3 Å². The summed E-state index contributed by atoms with van der Waals surface area (Å²) in [4.78, 5) is 14.6. The van der Waals surface area contributed by atoms with Crippen LogP contribution in [0, 0.1) is 0 Å². The first-order valence-corrected chi connectivity index (χ1v) is 9.81. The molecule has 1 aromatic carbocycles. The van der Waals surface area contributed by atoms with Crippen LogP contribution in [-0.2, 0) is 0 Å². The SMILES string of the molecule is CCNCCN(CC)c1nc(N2CCCCCC2)c2ccccc2n1. The van der Waals surface area contributed by atoms with Crippen LogP contribution in [0.5, 0.6) is 0 Å². The predicted octanol–water partition coefficient (Wildman–Crippen LogP) is 3.45. The summed E-state index contributed by atoms with van der Waals surface area (Å²) in [5.41, 5.74) is 1.05. The molecule has 2 aromatic rings. The van der Waals surface area contributed by atoms with Gasteiger partial charge in [-0.2, -0.15) is 4.98 Å². The van der Waals surface area contributed by atoms with Crippen LogP contribution in [0.2, 0.25) is 0 Å². The lowest BCUT2D eigenvalue weighted by Gasteiger charge is -2.26. The molecule has 1 aliphatic rings. The number of nitrogens with zero attached hydrogens (tertiary/aromatic N) is 4. The van der Waals surface area contributed by atoms with E-state index in [0.717, 1.165) is 56.6 Å². The molecule has 0 amide bonds. The maximum atomic E-state index is 5.03. The number of nitrogens with one attached hydrogen (secondary N) is 1. The van der Waals surface area contributed by atoms with Gasteiger partial charge in [0, 0.05) is 38.1 Å². The Balaban J connectivity index is 1.96. The minimum Gasteiger partial charge on any atom is -0.356 e. The van der Waals surface area contributed by atoms with E-state index in [9.17, 15) is 0 Å². The second-order valence-corrected chi connectivity index (χ2v) is 6.70. The van der Waals surface area contributed by atoms with E-state index in [1.807, 2.05) is 0 Å². The molecule has 1 aliphatic heterocycles. The Hall–Kier alpha value is -1.88. The van der Waals surface area contributed by atoms with Crippen LogP contribution in [0.4, 0.5) is 11.8 Å². The quantitative estimate of drug-likeness (QED) is 0.782. The van der Waals surface area contributed by atoms with E-state index < -0.39 is 0 Å². The van der Waals surface area contributed by atoms with Crippen LogP contribution in [0.3, 0.4) is 0 Å². The molecule has 2 heterocycles. The summed E-state index contributed by atoms with van der Waals surface area (Å²) in [6.45, 7) is 10.3. The molecule has 1 saturated heterocycles. The lowest BCUT2D eigenvalue weighted by molar-refractivity contribution is 0.678. The molecule has 0 radical (unpaired) electrons. The van der Waals surface area contributed by atoms with Gasteiger partial charge in [0.25, 0.3) is 0 Å². The molecule has 1 aromatic heterocycles. The first-order chi connectivity index (χ1) is 12.3. The zero-order valence-electron chi connectivity index (χ0n) is 15.7. The molecular formula is C20H31N5. The van der Waals surface area contributed by atoms with Gasteiger partial charge in [0.2, 0.25) is 5.95 Å². The van der Waals surface area contributed by atoms with Crippen molar-refractivity contribution in [1.82, 2.24) is 15.3 Å².